The topological polar surface area (TPSA) is 65.0 Å². The third-order valence-electron chi connectivity index (χ3n) is 9.13. The van der Waals surface area contributed by atoms with Gasteiger partial charge in [0.05, 0.1) is 5.56 Å². The van der Waals surface area contributed by atoms with Crippen LogP contribution in [0, 0.1) is 0 Å². The molecule has 0 spiro atoms. The number of hydrogen-bond acceptors (Lipinski definition) is 5. The molecule has 0 N–H and O–H groups in total. The van der Waals surface area contributed by atoms with Crippen molar-refractivity contribution >= 4 is 54.6 Å². The maximum absolute atomic E-state index is 6.42. The Morgan fingerprint density at radius 2 is 0.958 bits per heavy atom. The van der Waals surface area contributed by atoms with E-state index in [2.05, 4.69) is 72.8 Å². The van der Waals surface area contributed by atoms with Crippen molar-refractivity contribution in [1.29, 1.82) is 0 Å². The maximum Gasteiger partial charge on any atom is 0.167 e. The number of rotatable bonds is 4. The highest BCUT2D eigenvalue weighted by molar-refractivity contribution is 6.16. The highest BCUT2D eigenvalue weighted by atomic mass is 16.3. The van der Waals surface area contributed by atoms with E-state index >= 15 is 0 Å². The van der Waals surface area contributed by atoms with Crippen LogP contribution in [0.2, 0.25) is 0 Å². The molecule has 3 heterocycles. The average molecular weight is 616 g/mol. The van der Waals surface area contributed by atoms with Gasteiger partial charge in [0.15, 0.2) is 17.5 Å². The first kappa shape index (κ1) is 26.6. The first-order valence-electron chi connectivity index (χ1n) is 15.9. The molecule has 0 fully saturated rings. The van der Waals surface area contributed by atoms with E-state index in [1.165, 1.54) is 0 Å². The zero-order chi connectivity index (χ0) is 31.6. The Morgan fingerprint density at radius 3 is 1.81 bits per heavy atom. The Balaban J connectivity index is 1.25. The molecule has 0 atom stereocenters. The molecule has 0 aliphatic rings. The van der Waals surface area contributed by atoms with Crippen molar-refractivity contribution in [2.24, 2.45) is 0 Å². The Bertz CT molecular complexity index is 2850. The molecular weight excluding hydrogens is 590 g/mol. The van der Waals surface area contributed by atoms with E-state index in [9.17, 15) is 0 Å². The van der Waals surface area contributed by atoms with Crippen LogP contribution in [0.4, 0.5) is 0 Å². The Kier molecular flexibility index (Phi) is 5.81. The van der Waals surface area contributed by atoms with Crippen LogP contribution in [0.15, 0.2) is 160 Å². The maximum atomic E-state index is 6.42. The predicted molar refractivity (Wildman–Crippen MR) is 194 cm³/mol. The van der Waals surface area contributed by atoms with E-state index in [0.29, 0.717) is 17.5 Å². The number of fused-ring (bicyclic) bond motifs is 7. The van der Waals surface area contributed by atoms with Crippen molar-refractivity contribution in [3.8, 4) is 45.3 Å². The van der Waals surface area contributed by atoms with Crippen molar-refractivity contribution in [3.63, 3.8) is 0 Å². The largest absolute Gasteiger partial charge is 0.456 e. The Morgan fingerprint density at radius 1 is 0.354 bits per heavy atom. The molecule has 3 aromatic heterocycles. The second-order valence-electron chi connectivity index (χ2n) is 12.0. The minimum absolute atomic E-state index is 0.557. The van der Waals surface area contributed by atoms with Crippen LogP contribution >= 0.6 is 0 Å². The molecule has 0 radical (unpaired) electrons. The summed E-state index contributed by atoms with van der Waals surface area (Å²) >= 11 is 0. The van der Waals surface area contributed by atoms with Gasteiger partial charge in [-0.2, -0.15) is 0 Å². The van der Waals surface area contributed by atoms with Crippen LogP contribution in [0.3, 0.4) is 0 Å². The lowest BCUT2D eigenvalue weighted by atomic mass is 9.92. The van der Waals surface area contributed by atoms with Gasteiger partial charge in [-0.25, -0.2) is 15.0 Å². The summed E-state index contributed by atoms with van der Waals surface area (Å²) in [6.45, 7) is 0. The van der Waals surface area contributed by atoms with Crippen molar-refractivity contribution < 1.29 is 8.83 Å². The number of nitrogens with zero attached hydrogens (tertiary/aromatic N) is 3. The Labute approximate surface area is 274 Å². The fraction of sp³-hybridized carbons (Fsp3) is 0. The van der Waals surface area contributed by atoms with E-state index in [1.807, 2.05) is 78.9 Å². The Hall–Kier alpha value is -6.59. The first-order valence-corrected chi connectivity index (χ1v) is 15.9. The molecule has 10 rings (SSSR count). The molecule has 0 unspecified atom stereocenters. The van der Waals surface area contributed by atoms with Gasteiger partial charge in [-0.3, -0.25) is 0 Å². The number of furan rings is 2. The first-order chi connectivity index (χ1) is 23.8. The van der Waals surface area contributed by atoms with Crippen LogP contribution in [-0.4, -0.2) is 15.0 Å². The molecular formula is C43H25N3O2. The lowest BCUT2D eigenvalue weighted by Gasteiger charge is -2.13. The normalized spacial score (nSPS) is 11.8. The molecule has 48 heavy (non-hydrogen) atoms. The van der Waals surface area contributed by atoms with Crippen molar-refractivity contribution in [1.82, 2.24) is 15.0 Å². The lowest BCUT2D eigenvalue weighted by molar-refractivity contribution is 0.669. The summed E-state index contributed by atoms with van der Waals surface area (Å²) in [6, 6.07) is 51.6. The fourth-order valence-electron chi connectivity index (χ4n) is 6.93. The van der Waals surface area contributed by atoms with Gasteiger partial charge in [-0.05, 0) is 58.3 Å². The summed E-state index contributed by atoms with van der Waals surface area (Å²) in [6.07, 6.45) is 0. The minimum Gasteiger partial charge on any atom is -0.456 e. The van der Waals surface area contributed by atoms with Crippen LogP contribution in [-0.2, 0) is 0 Å². The molecule has 0 saturated heterocycles. The molecule has 5 nitrogen and oxygen atoms in total. The van der Waals surface area contributed by atoms with E-state index in [-0.39, 0.29) is 0 Å². The number of aromatic nitrogens is 3. The SMILES string of the molecule is c1ccc(-c2nc(-c3cc(-c4cccc5oc6ccccc6c45)c4ccccc4c3)nc(-c3cccc4c3oc3ccccc34)n2)cc1. The number of hydrogen-bond donors (Lipinski definition) is 0. The van der Waals surface area contributed by atoms with Gasteiger partial charge in [0, 0.05) is 32.7 Å². The monoisotopic (exact) mass is 615 g/mol. The van der Waals surface area contributed by atoms with Crippen molar-refractivity contribution in [2.45, 2.75) is 0 Å². The summed E-state index contributed by atoms with van der Waals surface area (Å²) in [5.74, 6) is 1.74. The van der Waals surface area contributed by atoms with E-state index in [4.69, 9.17) is 23.8 Å². The van der Waals surface area contributed by atoms with Crippen LogP contribution in [0.25, 0.3) is 99.9 Å². The highest BCUT2D eigenvalue weighted by Gasteiger charge is 2.20. The van der Waals surface area contributed by atoms with Gasteiger partial charge in [-0.1, -0.05) is 115 Å². The molecule has 7 aromatic carbocycles. The molecule has 0 aliphatic heterocycles. The number of para-hydroxylation sites is 3. The third kappa shape index (κ3) is 4.15. The minimum atomic E-state index is 0.557. The molecule has 0 amide bonds. The van der Waals surface area contributed by atoms with Gasteiger partial charge in [0.2, 0.25) is 0 Å². The summed E-state index contributed by atoms with van der Waals surface area (Å²) in [7, 11) is 0. The molecule has 224 valence electrons. The van der Waals surface area contributed by atoms with Gasteiger partial charge in [0.1, 0.15) is 22.3 Å². The predicted octanol–water partition coefficient (Wildman–Crippen LogP) is 11.5. The summed E-state index contributed by atoms with van der Waals surface area (Å²) in [4.78, 5) is 15.3. The van der Waals surface area contributed by atoms with Crippen LogP contribution in [0.1, 0.15) is 0 Å². The summed E-state index contributed by atoms with van der Waals surface area (Å²) in [5.41, 5.74) is 8.13. The third-order valence-corrected chi connectivity index (χ3v) is 9.13. The van der Waals surface area contributed by atoms with E-state index in [0.717, 1.165) is 82.5 Å². The number of benzene rings is 7. The highest BCUT2D eigenvalue weighted by Crippen LogP contribution is 2.41. The second-order valence-corrected chi connectivity index (χ2v) is 12.0. The van der Waals surface area contributed by atoms with E-state index in [1.54, 1.807) is 0 Å². The van der Waals surface area contributed by atoms with Gasteiger partial charge < -0.3 is 8.83 Å². The van der Waals surface area contributed by atoms with Gasteiger partial charge in [0.25, 0.3) is 0 Å². The van der Waals surface area contributed by atoms with Crippen molar-refractivity contribution in [3.05, 3.63) is 152 Å². The summed E-state index contributed by atoms with van der Waals surface area (Å²) < 4.78 is 12.7. The zero-order valence-electron chi connectivity index (χ0n) is 25.6. The molecule has 5 heteroatoms. The summed E-state index contributed by atoms with van der Waals surface area (Å²) in [5, 5.41) is 6.51. The smallest absolute Gasteiger partial charge is 0.167 e. The standard InChI is InChI=1S/C43H25N3O2/c1-2-12-26(13-3-1)41-44-42(46-43(45-41)34-20-10-19-32-30-16-6-8-21-36(30)48-40(32)34)28-24-27-14-4-5-15-29(27)35(25-28)31-18-11-23-38-39(31)33-17-7-9-22-37(33)47-38/h1-25H. The fourth-order valence-corrected chi connectivity index (χ4v) is 6.93. The lowest BCUT2D eigenvalue weighted by Crippen LogP contribution is -2.00. The van der Waals surface area contributed by atoms with E-state index < -0.39 is 0 Å². The van der Waals surface area contributed by atoms with Gasteiger partial charge in [-0.15, -0.1) is 0 Å². The average Bonchev–Trinajstić information content (AvgIpc) is 3.73. The van der Waals surface area contributed by atoms with Gasteiger partial charge >= 0.3 is 0 Å². The van der Waals surface area contributed by atoms with Crippen LogP contribution in [0.5, 0.6) is 0 Å². The molecule has 10 aromatic rings. The molecule has 0 saturated carbocycles. The zero-order valence-corrected chi connectivity index (χ0v) is 25.6. The second kappa shape index (κ2) is 10.5. The van der Waals surface area contributed by atoms with Crippen LogP contribution < -0.4 is 0 Å². The van der Waals surface area contributed by atoms with Crippen molar-refractivity contribution in [2.75, 3.05) is 0 Å². The molecule has 0 aliphatic carbocycles. The quantitative estimate of drug-likeness (QED) is 0.197. The molecule has 0 bridgehead atoms.